The Labute approximate surface area is 104 Å². The molecule has 0 N–H and O–H groups in total. The van der Waals surface area contributed by atoms with Crippen molar-refractivity contribution in [3.8, 4) is 0 Å². The van der Waals surface area contributed by atoms with Crippen molar-refractivity contribution in [3.05, 3.63) is 0 Å². The van der Waals surface area contributed by atoms with Gasteiger partial charge < -0.3 is 0 Å². The van der Waals surface area contributed by atoms with Crippen LogP contribution in [-0.4, -0.2) is 11.5 Å². The Morgan fingerprint density at radius 2 is 1.23 bits per heavy atom. The van der Waals surface area contributed by atoms with E-state index < -0.39 is 13.5 Å². The second kappa shape index (κ2) is 16.3. The first-order chi connectivity index (χ1) is 6.15. The van der Waals surface area contributed by atoms with Crippen LogP contribution in [0.25, 0.3) is 0 Å². The summed E-state index contributed by atoms with van der Waals surface area (Å²) in [6.07, 6.45) is 5.49. The average molecular weight is 445 g/mol. The van der Waals surface area contributed by atoms with E-state index in [1.807, 2.05) is 0 Å². The molecule has 0 bridgehead atoms. The first-order valence-corrected chi connectivity index (χ1v) is 14.4. The van der Waals surface area contributed by atoms with Crippen LogP contribution in [0.1, 0.15) is 39.5 Å². The molecule has 0 rings (SSSR count). The molecule has 0 unspecified atom stereocenters. The van der Waals surface area contributed by atoms with Crippen molar-refractivity contribution in [1.29, 1.82) is 0 Å². The van der Waals surface area contributed by atoms with Gasteiger partial charge in [0.15, 0.2) is 0 Å². The van der Waals surface area contributed by atoms with E-state index >= 15 is 0 Å². The van der Waals surface area contributed by atoms with Gasteiger partial charge >= 0.3 is 42.2 Å². The third-order valence-corrected chi connectivity index (χ3v) is 2.44. The first kappa shape index (κ1) is 17.3. The van der Waals surface area contributed by atoms with Crippen molar-refractivity contribution in [3.63, 3.8) is 0 Å². The van der Waals surface area contributed by atoms with E-state index in [-0.39, 0.29) is 0 Å². The van der Waals surface area contributed by atoms with Crippen molar-refractivity contribution < 1.29 is 13.5 Å². The fraction of sp³-hybridized carbons (Fsp3) is 1.00. The van der Waals surface area contributed by atoms with E-state index in [9.17, 15) is 0 Å². The quantitative estimate of drug-likeness (QED) is 0.495. The zero-order valence-corrected chi connectivity index (χ0v) is 13.6. The molecule has 0 saturated heterocycles. The molecule has 0 heterocycles. The average Bonchev–Trinajstić information content (AvgIpc) is 2.03. The van der Waals surface area contributed by atoms with Gasteiger partial charge in [-0.25, -0.2) is 0 Å². The van der Waals surface area contributed by atoms with Crippen LogP contribution in [0, 0.1) is 0 Å². The molecule has 0 spiro atoms. The third-order valence-electron chi connectivity index (χ3n) is 1.28. The zero-order valence-electron chi connectivity index (χ0n) is 8.12. The summed E-state index contributed by atoms with van der Waals surface area (Å²) in [5, 5.41) is 0. The van der Waals surface area contributed by atoms with Crippen molar-refractivity contribution in [1.82, 2.24) is 0 Å². The number of hydrogen-bond acceptors (Lipinski definition) is 1. The summed E-state index contributed by atoms with van der Waals surface area (Å²) in [5.74, 6) is 2.74. The Balaban J connectivity index is 0. The Hall–Kier alpha value is 1.87. The zero-order chi connectivity index (χ0) is 10.5. The molecule has 0 aromatic carbocycles. The number of thioether (sulfide) groups is 1. The van der Waals surface area contributed by atoms with Gasteiger partial charge in [0.05, 0.1) is 0 Å². The maximum absolute atomic E-state index is 4.97. The van der Waals surface area contributed by atoms with Crippen molar-refractivity contribution in [2.24, 2.45) is 0 Å². The first-order valence-electron chi connectivity index (χ1n) is 4.37. The van der Waals surface area contributed by atoms with Crippen molar-refractivity contribution in [2.75, 3.05) is 11.5 Å². The minimum atomic E-state index is -1.92. The fourth-order valence-corrected chi connectivity index (χ4v) is 1.78. The molecule has 0 aliphatic heterocycles. The molecular weight excluding hydrogens is 427 g/mol. The Morgan fingerprint density at radius 1 is 0.923 bits per heavy atom. The number of rotatable bonds is 6. The monoisotopic (exact) mass is 444 g/mol. The van der Waals surface area contributed by atoms with Crippen LogP contribution in [0.15, 0.2) is 0 Å². The molecule has 0 nitrogen and oxygen atoms in total. The molecule has 5 heteroatoms. The molecule has 0 aromatic rings. The molecule has 0 aromatic heterocycles. The maximum atomic E-state index is 4.97. The molecular formula is C8H18Cl3IrS. The molecule has 0 aliphatic rings. The summed E-state index contributed by atoms with van der Waals surface area (Å²) in [6, 6.07) is 0. The van der Waals surface area contributed by atoms with Gasteiger partial charge in [0, 0.05) is 0 Å². The van der Waals surface area contributed by atoms with E-state index in [4.69, 9.17) is 28.8 Å². The van der Waals surface area contributed by atoms with Crippen molar-refractivity contribution >= 4 is 40.5 Å². The van der Waals surface area contributed by atoms with E-state index in [0.717, 1.165) is 0 Å². The van der Waals surface area contributed by atoms with E-state index in [1.165, 1.54) is 37.2 Å². The van der Waals surface area contributed by atoms with Gasteiger partial charge in [-0.15, -0.1) is 0 Å². The predicted octanol–water partition coefficient (Wildman–Crippen LogP) is 5.39. The Bertz CT molecular complexity index is 75.0. The molecule has 0 fully saturated rings. The molecule has 0 saturated carbocycles. The molecule has 0 radical (unpaired) electrons. The van der Waals surface area contributed by atoms with Gasteiger partial charge in [0.25, 0.3) is 0 Å². The summed E-state index contributed by atoms with van der Waals surface area (Å²) in [5.41, 5.74) is 0. The van der Waals surface area contributed by atoms with E-state index in [0.29, 0.717) is 0 Å². The van der Waals surface area contributed by atoms with Crippen LogP contribution in [0.2, 0.25) is 0 Å². The molecule has 0 aliphatic carbocycles. The SMILES string of the molecule is CCCCSCCCC.[Cl][Ir]([Cl])[Cl]. The predicted molar refractivity (Wildman–Crippen MR) is 64.7 cm³/mol. The van der Waals surface area contributed by atoms with Crippen LogP contribution >= 0.6 is 40.5 Å². The van der Waals surface area contributed by atoms with Gasteiger partial charge in [-0.1, -0.05) is 26.7 Å². The number of halogens is 3. The number of hydrogen-bond donors (Lipinski definition) is 0. The van der Waals surface area contributed by atoms with Gasteiger partial charge in [-0.05, 0) is 24.3 Å². The van der Waals surface area contributed by atoms with Crippen molar-refractivity contribution in [2.45, 2.75) is 39.5 Å². The van der Waals surface area contributed by atoms with Crippen LogP contribution in [0.4, 0.5) is 0 Å². The second-order valence-corrected chi connectivity index (χ2v) is 14.1. The van der Waals surface area contributed by atoms with E-state index in [1.54, 1.807) is 0 Å². The molecule has 86 valence electrons. The summed E-state index contributed by atoms with van der Waals surface area (Å²) in [7, 11) is 14.9. The molecule has 13 heavy (non-hydrogen) atoms. The van der Waals surface area contributed by atoms with Gasteiger partial charge in [0.1, 0.15) is 0 Å². The van der Waals surface area contributed by atoms with Crippen LogP contribution in [0.3, 0.4) is 0 Å². The Kier molecular flexibility index (Phi) is 21.7. The van der Waals surface area contributed by atoms with Crippen LogP contribution < -0.4 is 0 Å². The fourth-order valence-electron chi connectivity index (χ4n) is 0.595. The topological polar surface area (TPSA) is 0 Å². The standard InChI is InChI=1S/C8H18S.3ClH.Ir/c1-3-5-7-9-8-6-4-2;;;;/h3-8H2,1-2H3;3*1H;/q;;;;+3/p-3. The summed E-state index contributed by atoms with van der Waals surface area (Å²) in [4.78, 5) is 0. The van der Waals surface area contributed by atoms with Crippen LogP contribution in [-0.2, 0) is 13.5 Å². The molecule has 0 amide bonds. The minimum absolute atomic E-state index is 1.35. The summed E-state index contributed by atoms with van der Waals surface area (Å²) in [6.45, 7) is 4.50. The second-order valence-electron chi connectivity index (χ2n) is 2.46. The van der Waals surface area contributed by atoms with E-state index in [2.05, 4.69) is 25.6 Å². The van der Waals surface area contributed by atoms with Crippen LogP contribution in [0.5, 0.6) is 0 Å². The summed E-state index contributed by atoms with van der Waals surface area (Å²) >= 11 is 0.186. The van der Waals surface area contributed by atoms with Gasteiger partial charge in [0.2, 0.25) is 0 Å². The summed E-state index contributed by atoms with van der Waals surface area (Å²) < 4.78 is 0. The number of unbranched alkanes of at least 4 members (excludes halogenated alkanes) is 2. The Morgan fingerprint density at radius 3 is 1.46 bits per heavy atom. The van der Waals surface area contributed by atoms with Gasteiger partial charge in [-0.2, -0.15) is 11.8 Å². The molecule has 0 atom stereocenters. The normalized spacial score (nSPS) is 10.4. The third kappa shape index (κ3) is 31.6. The van der Waals surface area contributed by atoms with Gasteiger partial charge in [-0.3, -0.25) is 0 Å².